The van der Waals surface area contributed by atoms with E-state index in [1.54, 1.807) is 6.92 Å². The lowest BCUT2D eigenvalue weighted by molar-refractivity contribution is -0.0400. The minimum atomic E-state index is -2.59. The van der Waals surface area contributed by atoms with E-state index in [4.69, 9.17) is 9.15 Å². The van der Waals surface area contributed by atoms with Crippen LogP contribution in [0, 0.1) is 0 Å². The van der Waals surface area contributed by atoms with Crippen molar-refractivity contribution in [2.75, 3.05) is 6.61 Å². The molecule has 0 saturated heterocycles. The van der Waals surface area contributed by atoms with E-state index in [0.29, 0.717) is 24.4 Å². The van der Waals surface area contributed by atoms with Gasteiger partial charge >= 0.3 is 5.97 Å². The highest BCUT2D eigenvalue weighted by atomic mass is 19.3. The van der Waals surface area contributed by atoms with Crippen molar-refractivity contribution in [1.82, 2.24) is 4.98 Å². The summed E-state index contributed by atoms with van der Waals surface area (Å²) >= 11 is 0. The third kappa shape index (κ3) is 3.60. The van der Waals surface area contributed by atoms with Crippen molar-refractivity contribution in [3.8, 4) is 0 Å². The lowest BCUT2D eigenvalue weighted by Gasteiger charge is -2.26. The summed E-state index contributed by atoms with van der Waals surface area (Å²) in [5.74, 6) is -2.77. The van der Waals surface area contributed by atoms with Crippen LogP contribution in [0.25, 0.3) is 0 Å². The van der Waals surface area contributed by atoms with Crippen LogP contribution in [0.4, 0.5) is 8.78 Å². The summed E-state index contributed by atoms with van der Waals surface area (Å²) in [4.78, 5) is 16.3. The average Bonchev–Trinajstić information content (AvgIpc) is 2.84. The predicted molar refractivity (Wildman–Crippen MR) is 72.7 cm³/mol. The molecule has 0 bridgehead atoms. The molecular formula is C15H21F2NO3. The van der Waals surface area contributed by atoms with Crippen LogP contribution in [0.1, 0.15) is 80.4 Å². The quantitative estimate of drug-likeness (QED) is 0.779. The van der Waals surface area contributed by atoms with Crippen LogP contribution in [0.5, 0.6) is 0 Å². The molecule has 2 rings (SSSR count). The Morgan fingerprint density at radius 2 is 2.05 bits per heavy atom. The number of esters is 1. The number of ether oxygens (including phenoxy) is 1. The summed E-state index contributed by atoms with van der Waals surface area (Å²) in [5.41, 5.74) is 0.542. The number of hydrogen-bond acceptors (Lipinski definition) is 4. The average molecular weight is 301 g/mol. The molecule has 4 nitrogen and oxygen atoms in total. The van der Waals surface area contributed by atoms with Crippen molar-refractivity contribution in [3.63, 3.8) is 0 Å². The Bertz CT molecular complexity index is 501. The second-order valence-electron chi connectivity index (χ2n) is 5.77. The third-order valence-corrected chi connectivity index (χ3v) is 3.74. The van der Waals surface area contributed by atoms with Gasteiger partial charge in [0, 0.05) is 18.8 Å². The van der Waals surface area contributed by atoms with Crippen LogP contribution in [0.3, 0.4) is 0 Å². The fraction of sp³-hybridized carbons (Fsp3) is 0.733. The normalized spacial score (nSPS) is 19.0. The highest BCUT2D eigenvalue weighted by Gasteiger charge is 2.38. The maximum Gasteiger partial charge on any atom is 0.376 e. The summed E-state index contributed by atoms with van der Waals surface area (Å²) in [6, 6.07) is 0. The van der Waals surface area contributed by atoms with E-state index in [9.17, 15) is 13.6 Å². The van der Waals surface area contributed by atoms with Crippen LogP contribution in [0.15, 0.2) is 4.42 Å². The van der Waals surface area contributed by atoms with E-state index in [1.165, 1.54) is 0 Å². The summed E-state index contributed by atoms with van der Waals surface area (Å²) in [6.07, 6.45) is 0.332. The number of oxazole rings is 1. The monoisotopic (exact) mass is 301 g/mol. The van der Waals surface area contributed by atoms with Crippen LogP contribution < -0.4 is 0 Å². The van der Waals surface area contributed by atoms with E-state index in [1.807, 2.05) is 13.8 Å². The first-order valence-electron chi connectivity index (χ1n) is 7.39. The van der Waals surface area contributed by atoms with Gasteiger partial charge in [0.05, 0.1) is 12.3 Å². The maximum atomic E-state index is 13.2. The minimum absolute atomic E-state index is 0.00642. The Balaban J connectivity index is 2.22. The molecule has 0 unspecified atom stereocenters. The second kappa shape index (κ2) is 6.12. The van der Waals surface area contributed by atoms with Crippen LogP contribution >= 0.6 is 0 Å². The van der Waals surface area contributed by atoms with Gasteiger partial charge in [0.25, 0.3) is 0 Å². The Labute approximate surface area is 122 Å². The van der Waals surface area contributed by atoms with Gasteiger partial charge in [-0.2, -0.15) is 0 Å². The first kappa shape index (κ1) is 15.9. The van der Waals surface area contributed by atoms with E-state index < -0.39 is 11.9 Å². The smallest absolute Gasteiger partial charge is 0.376 e. The van der Waals surface area contributed by atoms with Gasteiger partial charge in [-0.25, -0.2) is 18.6 Å². The van der Waals surface area contributed by atoms with Crippen LogP contribution in [0.2, 0.25) is 0 Å². The molecule has 0 atom stereocenters. The fourth-order valence-corrected chi connectivity index (χ4v) is 2.55. The zero-order chi connectivity index (χ0) is 15.6. The highest BCUT2D eigenvalue weighted by molar-refractivity contribution is 5.87. The Hall–Kier alpha value is -1.46. The summed E-state index contributed by atoms with van der Waals surface area (Å²) in [7, 11) is 0. The molecular weight excluding hydrogens is 280 g/mol. The first-order chi connectivity index (χ1) is 9.84. The molecule has 1 heterocycles. The molecule has 1 saturated carbocycles. The number of halogens is 2. The number of alkyl halides is 2. The van der Waals surface area contributed by atoms with E-state index in [2.05, 4.69) is 4.98 Å². The van der Waals surface area contributed by atoms with Crippen LogP contribution in [-0.4, -0.2) is 23.5 Å². The molecule has 0 spiro atoms. The molecule has 0 radical (unpaired) electrons. The summed E-state index contributed by atoms with van der Waals surface area (Å²) < 4.78 is 36.9. The van der Waals surface area contributed by atoms with Gasteiger partial charge in [-0.15, -0.1) is 0 Å². The zero-order valence-electron chi connectivity index (χ0n) is 12.6. The number of nitrogens with zero attached hydrogens (tertiary/aromatic N) is 1. The topological polar surface area (TPSA) is 52.3 Å². The van der Waals surface area contributed by atoms with Gasteiger partial charge in [0.2, 0.25) is 11.7 Å². The van der Waals surface area contributed by atoms with Gasteiger partial charge in [-0.3, -0.25) is 0 Å². The molecule has 0 aliphatic heterocycles. The van der Waals surface area contributed by atoms with Crippen molar-refractivity contribution in [1.29, 1.82) is 0 Å². The number of carbonyl (C=O) groups excluding carboxylic acids is 1. The Kier molecular flexibility index (Phi) is 4.64. The summed E-state index contributed by atoms with van der Waals surface area (Å²) in [5, 5.41) is 0. The largest absolute Gasteiger partial charge is 0.460 e. The molecule has 0 aromatic carbocycles. The fourth-order valence-electron chi connectivity index (χ4n) is 2.55. The van der Waals surface area contributed by atoms with Gasteiger partial charge in [-0.05, 0) is 25.7 Å². The van der Waals surface area contributed by atoms with Crippen molar-refractivity contribution in [2.45, 2.75) is 64.2 Å². The lowest BCUT2D eigenvalue weighted by Crippen LogP contribution is -2.23. The van der Waals surface area contributed by atoms with E-state index in [0.717, 1.165) is 0 Å². The van der Waals surface area contributed by atoms with Crippen molar-refractivity contribution in [3.05, 3.63) is 17.3 Å². The van der Waals surface area contributed by atoms with E-state index in [-0.39, 0.29) is 37.0 Å². The number of aromatic nitrogens is 1. The van der Waals surface area contributed by atoms with Gasteiger partial charge in [0.15, 0.2) is 5.89 Å². The number of rotatable bonds is 4. The molecule has 1 aliphatic carbocycles. The molecule has 1 aromatic rings. The molecule has 0 N–H and O–H groups in total. The maximum absolute atomic E-state index is 13.2. The third-order valence-electron chi connectivity index (χ3n) is 3.74. The summed E-state index contributed by atoms with van der Waals surface area (Å²) in [6.45, 7) is 5.77. The molecule has 1 fully saturated rings. The van der Waals surface area contributed by atoms with Crippen molar-refractivity contribution in [2.24, 2.45) is 0 Å². The van der Waals surface area contributed by atoms with Crippen molar-refractivity contribution < 1.29 is 22.7 Å². The Morgan fingerprint density at radius 3 is 2.57 bits per heavy atom. The van der Waals surface area contributed by atoms with Crippen molar-refractivity contribution >= 4 is 5.97 Å². The predicted octanol–water partition coefficient (Wildman–Crippen LogP) is 4.27. The lowest BCUT2D eigenvalue weighted by atomic mass is 9.87. The molecule has 21 heavy (non-hydrogen) atoms. The van der Waals surface area contributed by atoms with Gasteiger partial charge < -0.3 is 9.15 Å². The molecule has 0 amide bonds. The molecule has 6 heteroatoms. The van der Waals surface area contributed by atoms with E-state index >= 15 is 0 Å². The van der Waals surface area contributed by atoms with Gasteiger partial charge in [0.1, 0.15) is 0 Å². The Morgan fingerprint density at radius 1 is 1.43 bits per heavy atom. The minimum Gasteiger partial charge on any atom is -0.460 e. The second-order valence-corrected chi connectivity index (χ2v) is 5.77. The molecule has 118 valence electrons. The van der Waals surface area contributed by atoms with Crippen LogP contribution in [-0.2, 0) is 4.74 Å². The standard InChI is InChI=1S/C15H21F2NO3/c1-4-20-14(19)12-11(9(2)3)18-13(21-12)10-5-7-15(16,17)8-6-10/h9-10H,4-8H2,1-3H3. The molecule has 1 aliphatic rings. The first-order valence-corrected chi connectivity index (χ1v) is 7.39. The zero-order valence-corrected chi connectivity index (χ0v) is 12.6. The molecule has 1 aromatic heterocycles. The highest BCUT2D eigenvalue weighted by Crippen LogP contribution is 2.41. The number of hydrogen-bond donors (Lipinski definition) is 0. The van der Waals surface area contributed by atoms with Gasteiger partial charge in [-0.1, -0.05) is 13.8 Å². The SMILES string of the molecule is CCOC(=O)c1oc(C2CCC(F)(F)CC2)nc1C(C)C. The number of carbonyl (C=O) groups is 1.